The minimum Gasteiger partial charge on any atom is -0.296 e. The number of amides is 2. The average Bonchev–Trinajstić information content (AvgIpc) is 2.26. The molecule has 3 unspecified atom stereocenters. The van der Waals surface area contributed by atoms with Gasteiger partial charge in [-0.05, 0) is 30.1 Å². The maximum atomic E-state index is 11.9. The Labute approximate surface area is 103 Å². The van der Waals surface area contributed by atoms with Crippen LogP contribution in [0.25, 0.3) is 0 Å². The summed E-state index contributed by atoms with van der Waals surface area (Å²) >= 11 is 0. The molecule has 0 aromatic rings. The number of piperidine rings is 1. The van der Waals surface area contributed by atoms with Crippen LogP contribution in [0, 0.1) is 23.2 Å². The number of carbonyl (C=O) groups excluding carboxylic acids is 2. The third kappa shape index (κ3) is 2.00. The molecule has 0 radical (unpaired) electrons. The first kappa shape index (κ1) is 12.6. The Morgan fingerprint density at radius 3 is 2.65 bits per heavy atom. The fourth-order valence-corrected chi connectivity index (χ4v) is 4.05. The quantitative estimate of drug-likeness (QED) is 0.712. The zero-order valence-corrected chi connectivity index (χ0v) is 11.1. The first-order valence-electron chi connectivity index (χ1n) is 6.81. The fraction of sp³-hybridized carbons (Fsp3) is 0.857. The van der Waals surface area contributed by atoms with Crippen molar-refractivity contribution in [1.29, 1.82) is 0 Å². The van der Waals surface area contributed by atoms with Crippen molar-refractivity contribution < 1.29 is 9.59 Å². The van der Waals surface area contributed by atoms with Crippen molar-refractivity contribution in [1.82, 2.24) is 5.32 Å². The van der Waals surface area contributed by atoms with Crippen LogP contribution in [0.5, 0.6) is 0 Å². The zero-order valence-electron chi connectivity index (χ0n) is 11.1. The zero-order chi connectivity index (χ0) is 12.6. The third-order valence-corrected chi connectivity index (χ3v) is 4.96. The Balaban J connectivity index is 2.35. The van der Waals surface area contributed by atoms with Crippen LogP contribution < -0.4 is 5.32 Å². The van der Waals surface area contributed by atoms with Gasteiger partial charge >= 0.3 is 0 Å². The molecule has 0 aromatic carbocycles. The van der Waals surface area contributed by atoms with Gasteiger partial charge in [0.05, 0.1) is 0 Å². The van der Waals surface area contributed by atoms with Gasteiger partial charge in [0.1, 0.15) is 0 Å². The molecular formula is C14H23NO2. The topological polar surface area (TPSA) is 46.2 Å². The summed E-state index contributed by atoms with van der Waals surface area (Å²) in [6.45, 7) is 6.45. The van der Waals surface area contributed by atoms with Gasteiger partial charge in [-0.15, -0.1) is 0 Å². The summed E-state index contributed by atoms with van der Waals surface area (Å²) < 4.78 is 0. The highest BCUT2D eigenvalue weighted by atomic mass is 16.2. The van der Waals surface area contributed by atoms with Gasteiger partial charge in [0.25, 0.3) is 0 Å². The van der Waals surface area contributed by atoms with E-state index in [0.717, 1.165) is 12.8 Å². The largest absolute Gasteiger partial charge is 0.296 e. The molecule has 3 heteroatoms. The van der Waals surface area contributed by atoms with Gasteiger partial charge in [0, 0.05) is 12.3 Å². The summed E-state index contributed by atoms with van der Waals surface area (Å²) in [6.07, 6.45) is 5.16. The standard InChI is InChI=1S/C14H23NO2/c1-9(2)11-6-4-5-7-14(11)8-12(16)15-13(17)10(14)3/h9-11H,4-8H2,1-3H3,(H,15,16,17). The van der Waals surface area contributed by atoms with E-state index < -0.39 is 0 Å². The number of rotatable bonds is 1. The molecule has 2 aliphatic rings. The molecule has 96 valence electrons. The average molecular weight is 237 g/mol. The molecule has 1 aliphatic heterocycles. The molecule has 17 heavy (non-hydrogen) atoms. The predicted molar refractivity (Wildman–Crippen MR) is 66.2 cm³/mol. The summed E-state index contributed by atoms with van der Waals surface area (Å²) in [5.74, 6) is 0.917. The first-order valence-corrected chi connectivity index (χ1v) is 6.81. The van der Waals surface area contributed by atoms with Crippen LogP contribution in [0.15, 0.2) is 0 Å². The van der Waals surface area contributed by atoms with Gasteiger partial charge in [-0.2, -0.15) is 0 Å². The Morgan fingerprint density at radius 2 is 2.00 bits per heavy atom. The maximum Gasteiger partial charge on any atom is 0.229 e. The third-order valence-electron chi connectivity index (χ3n) is 4.96. The van der Waals surface area contributed by atoms with Crippen LogP contribution in [0.4, 0.5) is 0 Å². The smallest absolute Gasteiger partial charge is 0.229 e. The summed E-state index contributed by atoms with van der Waals surface area (Å²) in [7, 11) is 0. The van der Waals surface area contributed by atoms with Gasteiger partial charge in [-0.1, -0.05) is 33.6 Å². The minimum absolute atomic E-state index is 0.0205. The van der Waals surface area contributed by atoms with Crippen molar-refractivity contribution >= 4 is 11.8 Å². The van der Waals surface area contributed by atoms with Crippen LogP contribution in [-0.2, 0) is 9.59 Å². The molecule has 2 fully saturated rings. The van der Waals surface area contributed by atoms with Crippen molar-refractivity contribution in [3.63, 3.8) is 0 Å². The fourth-order valence-electron chi connectivity index (χ4n) is 4.05. The molecule has 3 nitrogen and oxygen atoms in total. The van der Waals surface area contributed by atoms with Crippen molar-refractivity contribution in [2.75, 3.05) is 0 Å². The lowest BCUT2D eigenvalue weighted by Gasteiger charge is -2.51. The van der Waals surface area contributed by atoms with Crippen molar-refractivity contribution in [3.8, 4) is 0 Å². The van der Waals surface area contributed by atoms with E-state index in [4.69, 9.17) is 0 Å². The van der Waals surface area contributed by atoms with Crippen molar-refractivity contribution in [2.45, 2.75) is 52.9 Å². The monoisotopic (exact) mass is 237 g/mol. The van der Waals surface area contributed by atoms with E-state index in [1.165, 1.54) is 12.8 Å². The second-order valence-electron chi connectivity index (χ2n) is 6.14. The molecule has 1 saturated heterocycles. The highest BCUT2D eigenvalue weighted by Crippen LogP contribution is 2.53. The Kier molecular flexibility index (Phi) is 3.28. The van der Waals surface area contributed by atoms with E-state index in [-0.39, 0.29) is 23.1 Å². The lowest BCUT2D eigenvalue weighted by Crippen LogP contribution is -2.55. The molecule has 2 amide bonds. The number of hydrogen-bond donors (Lipinski definition) is 1. The summed E-state index contributed by atoms with van der Waals surface area (Å²) in [5, 5.41) is 2.48. The molecule has 1 aliphatic carbocycles. The normalized spacial score (nSPS) is 38.6. The molecule has 0 bridgehead atoms. The lowest BCUT2D eigenvalue weighted by atomic mass is 9.54. The van der Waals surface area contributed by atoms with E-state index in [1.54, 1.807) is 0 Å². The van der Waals surface area contributed by atoms with Crippen LogP contribution in [0.1, 0.15) is 52.9 Å². The second kappa shape index (κ2) is 4.43. The highest BCUT2D eigenvalue weighted by Gasteiger charge is 2.52. The molecule has 1 saturated carbocycles. The van der Waals surface area contributed by atoms with E-state index in [9.17, 15) is 9.59 Å². The van der Waals surface area contributed by atoms with Crippen molar-refractivity contribution in [3.05, 3.63) is 0 Å². The van der Waals surface area contributed by atoms with Gasteiger partial charge in [0.2, 0.25) is 11.8 Å². The Morgan fingerprint density at radius 1 is 1.29 bits per heavy atom. The van der Waals surface area contributed by atoms with E-state index in [1.807, 2.05) is 6.92 Å². The molecule has 1 heterocycles. The van der Waals surface area contributed by atoms with Gasteiger partial charge < -0.3 is 0 Å². The van der Waals surface area contributed by atoms with Crippen LogP contribution >= 0.6 is 0 Å². The Hall–Kier alpha value is -0.860. The molecule has 0 aromatic heterocycles. The minimum atomic E-state index is -0.0688. The molecule has 3 atom stereocenters. The van der Waals surface area contributed by atoms with Crippen LogP contribution in [0.3, 0.4) is 0 Å². The maximum absolute atomic E-state index is 11.9. The first-order chi connectivity index (χ1) is 7.97. The molecule has 1 N–H and O–H groups in total. The van der Waals surface area contributed by atoms with Crippen LogP contribution in [-0.4, -0.2) is 11.8 Å². The summed E-state index contributed by atoms with van der Waals surface area (Å²) in [4.78, 5) is 23.6. The number of nitrogens with one attached hydrogen (secondary N) is 1. The number of imide groups is 1. The van der Waals surface area contributed by atoms with Gasteiger partial charge in [-0.3, -0.25) is 14.9 Å². The Bertz CT molecular complexity index is 337. The molecule has 1 spiro atoms. The van der Waals surface area contributed by atoms with Crippen LogP contribution in [0.2, 0.25) is 0 Å². The van der Waals surface area contributed by atoms with E-state index in [2.05, 4.69) is 19.2 Å². The van der Waals surface area contributed by atoms with Gasteiger partial charge in [-0.25, -0.2) is 0 Å². The SMILES string of the molecule is CC(C)C1CCCCC12CC(=O)NC(=O)C2C. The van der Waals surface area contributed by atoms with Gasteiger partial charge in [0.15, 0.2) is 0 Å². The molecule has 2 rings (SSSR count). The summed E-state index contributed by atoms with van der Waals surface area (Å²) in [6, 6.07) is 0. The van der Waals surface area contributed by atoms with Crippen molar-refractivity contribution in [2.24, 2.45) is 23.2 Å². The number of carbonyl (C=O) groups is 2. The molecular weight excluding hydrogens is 214 g/mol. The lowest BCUT2D eigenvalue weighted by molar-refractivity contribution is -0.149. The second-order valence-corrected chi connectivity index (χ2v) is 6.14. The van der Waals surface area contributed by atoms with E-state index in [0.29, 0.717) is 18.3 Å². The van der Waals surface area contributed by atoms with E-state index >= 15 is 0 Å². The number of hydrogen-bond acceptors (Lipinski definition) is 2. The summed E-state index contributed by atoms with van der Waals surface area (Å²) in [5.41, 5.74) is -0.0637. The highest BCUT2D eigenvalue weighted by molar-refractivity contribution is 5.99. The predicted octanol–water partition coefficient (Wildman–Crippen LogP) is 2.50.